The molecule has 0 spiro atoms. The summed E-state index contributed by atoms with van der Waals surface area (Å²) in [5, 5.41) is 15.5. The van der Waals surface area contributed by atoms with Crippen LogP contribution in [0.5, 0.6) is 0 Å². The van der Waals surface area contributed by atoms with Gasteiger partial charge in [0.15, 0.2) is 0 Å². The number of benzene rings is 3. The summed E-state index contributed by atoms with van der Waals surface area (Å²) >= 11 is 0. The molecule has 0 bridgehead atoms. The van der Waals surface area contributed by atoms with Gasteiger partial charge >= 0.3 is 0 Å². The van der Waals surface area contributed by atoms with Gasteiger partial charge in [0.05, 0.1) is 12.7 Å². The first kappa shape index (κ1) is 28.3. The fourth-order valence-electron chi connectivity index (χ4n) is 5.53. The van der Waals surface area contributed by atoms with Crippen molar-refractivity contribution in [3.63, 3.8) is 0 Å². The average molecular weight is 567 g/mol. The molecule has 216 valence electrons. The maximum Gasteiger partial charge on any atom is 0.114 e. The average Bonchev–Trinajstić information content (AvgIpc) is 3.43. The maximum absolute atomic E-state index is 4.81. The molecule has 0 amide bonds. The molecule has 43 heavy (non-hydrogen) atoms. The van der Waals surface area contributed by atoms with Crippen LogP contribution in [0, 0.1) is 5.92 Å². The monoisotopic (exact) mass is 566 g/mol. The van der Waals surface area contributed by atoms with E-state index in [1.807, 2.05) is 23.0 Å². The van der Waals surface area contributed by atoms with Crippen LogP contribution in [0.15, 0.2) is 115 Å². The topological polar surface area (TPSA) is 59.2 Å². The Morgan fingerprint density at radius 2 is 1.65 bits per heavy atom. The second-order valence-corrected chi connectivity index (χ2v) is 11.6. The van der Waals surface area contributed by atoms with Crippen LogP contribution in [-0.4, -0.2) is 37.7 Å². The van der Waals surface area contributed by atoms with Gasteiger partial charge in [-0.3, -0.25) is 9.99 Å². The van der Waals surface area contributed by atoms with Gasteiger partial charge in [-0.25, -0.2) is 4.68 Å². The molecule has 0 saturated carbocycles. The van der Waals surface area contributed by atoms with E-state index >= 15 is 0 Å². The molecule has 2 aromatic heterocycles. The van der Waals surface area contributed by atoms with E-state index in [4.69, 9.17) is 5.10 Å². The minimum Gasteiger partial charge on any atom is -0.272 e. The Kier molecular flexibility index (Phi) is 8.55. The summed E-state index contributed by atoms with van der Waals surface area (Å²) in [4.78, 5) is 4.18. The highest BCUT2D eigenvalue weighted by atomic mass is 15.4. The van der Waals surface area contributed by atoms with Crippen LogP contribution >= 0.6 is 0 Å². The molecule has 5 aromatic rings. The van der Waals surface area contributed by atoms with Gasteiger partial charge in [0.25, 0.3) is 0 Å². The predicted molar refractivity (Wildman–Crippen MR) is 175 cm³/mol. The van der Waals surface area contributed by atoms with Gasteiger partial charge < -0.3 is 0 Å². The third kappa shape index (κ3) is 6.81. The van der Waals surface area contributed by atoms with Crippen molar-refractivity contribution >= 4 is 11.8 Å². The van der Waals surface area contributed by atoms with E-state index in [0.29, 0.717) is 18.4 Å². The molecule has 1 unspecified atom stereocenters. The van der Waals surface area contributed by atoms with Crippen molar-refractivity contribution in [3.8, 4) is 22.4 Å². The van der Waals surface area contributed by atoms with Gasteiger partial charge in [0, 0.05) is 36.9 Å². The molecule has 1 aliphatic heterocycles. The number of aromatic nitrogens is 4. The molecule has 0 radical (unpaired) electrons. The lowest BCUT2D eigenvalue weighted by Crippen LogP contribution is -2.14. The zero-order valence-electron chi connectivity index (χ0n) is 25.1. The smallest absolute Gasteiger partial charge is 0.114 e. The van der Waals surface area contributed by atoms with Crippen molar-refractivity contribution in [2.75, 3.05) is 6.54 Å². The van der Waals surface area contributed by atoms with Crippen molar-refractivity contribution in [2.45, 2.75) is 46.1 Å². The standard InChI is InChI=1S/C37H38N6/c1-27(2)31-8-6-9-32(22-31)34-11-4-5-12-35(34)36-25-42(39-20-17-28(36)3)21-18-29-13-15-30(16-14-29)24-43-26-37(40-41-43)33-10-7-19-38-23-33/h4-16,19-20,22-23,25-28H,17-18,21,24H2,1-3H3. The van der Waals surface area contributed by atoms with E-state index in [2.05, 4.69) is 126 Å². The lowest BCUT2D eigenvalue weighted by atomic mass is 9.86. The molecule has 3 heterocycles. The van der Waals surface area contributed by atoms with Crippen molar-refractivity contribution in [1.82, 2.24) is 25.0 Å². The summed E-state index contributed by atoms with van der Waals surface area (Å²) in [6.07, 6.45) is 11.7. The Balaban J connectivity index is 1.15. The first-order chi connectivity index (χ1) is 21.0. The normalized spacial score (nSPS) is 15.0. The van der Waals surface area contributed by atoms with Crippen LogP contribution in [0.3, 0.4) is 0 Å². The van der Waals surface area contributed by atoms with Crippen LogP contribution < -0.4 is 0 Å². The van der Waals surface area contributed by atoms with Gasteiger partial charge in [-0.2, -0.15) is 5.10 Å². The van der Waals surface area contributed by atoms with Crippen LogP contribution in [0.1, 0.15) is 55.4 Å². The highest BCUT2D eigenvalue weighted by molar-refractivity contribution is 5.83. The Morgan fingerprint density at radius 3 is 2.44 bits per heavy atom. The number of rotatable bonds is 9. The molecule has 1 atom stereocenters. The first-order valence-electron chi connectivity index (χ1n) is 15.1. The van der Waals surface area contributed by atoms with E-state index < -0.39 is 0 Å². The fraction of sp³-hybridized carbons (Fsp3) is 0.243. The van der Waals surface area contributed by atoms with Crippen molar-refractivity contribution in [1.29, 1.82) is 0 Å². The van der Waals surface area contributed by atoms with Gasteiger partial charge in [-0.05, 0) is 75.8 Å². The minimum atomic E-state index is 0.373. The van der Waals surface area contributed by atoms with Crippen molar-refractivity contribution in [2.24, 2.45) is 11.0 Å². The van der Waals surface area contributed by atoms with E-state index in [-0.39, 0.29) is 0 Å². The summed E-state index contributed by atoms with van der Waals surface area (Å²) < 4.78 is 1.87. The van der Waals surface area contributed by atoms with E-state index in [1.165, 1.54) is 39.0 Å². The number of hydrogen-bond acceptors (Lipinski definition) is 5. The second-order valence-electron chi connectivity index (χ2n) is 11.6. The summed E-state index contributed by atoms with van der Waals surface area (Å²) in [7, 11) is 0. The molecule has 1 aliphatic rings. The zero-order valence-corrected chi connectivity index (χ0v) is 25.1. The zero-order chi connectivity index (χ0) is 29.6. The Bertz CT molecular complexity index is 1720. The van der Waals surface area contributed by atoms with Crippen LogP contribution in [0.25, 0.3) is 28.0 Å². The number of hydrazone groups is 1. The lowest BCUT2D eigenvalue weighted by Gasteiger charge is -2.20. The number of allylic oxidation sites excluding steroid dienone is 1. The molecule has 0 fully saturated rings. The fourth-order valence-corrected chi connectivity index (χ4v) is 5.53. The summed E-state index contributed by atoms with van der Waals surface area (Å²) in [5.74, 6) is 0.867. The van der Waals surface area contributed by atoms with Gasteiger partial charge in [-0.1, -0.05) is 98.8 Å². The molecule has 0 N–H and O–H groups in total. The SMILES string of the molecule is CC1CC=NN(CCc2ccc(Cn3cc(-c4cccnc4)nn3)cc2)C=C1c1ccccc1-c1cccc(C(C)C)c1. The molecule has 3 aromatic carbocycles. The van der Waals surface area contributed by atoms with E-state index in [1.54, 1.807) is 12.4 Å². The summed E-state index contributed by atoms with van der Waals surface area (Å²) in [5.41, 5.74) is 10.8. The van der Waals surface area contributed by atoms with Crippen LogP contribution in [-0.2, 0) is 13.0 Å². The Hall–Kier alpha value is -4.84. The molecular weight excluding hydrogens is 528 g/mol. The van der Waals surface area contributed by atoms with Gasteiger partial charge in [-0.15, -0.1) is 5.10 Å². The Labute approximate surface area is 254 Å². The lowest BCUT2D eigenvalue weighted by molar-refractivity contribution is 0.407. The molecule has 6 rings (SSSR count). The second kappa shape index (κ2) is 13.0. The molecule has 0 saturated heterocycles. The number of pyridine rings is 1. The third-order valence-corrected chi connectivity index (χ3v) is 8.10. The quantitative estimate of drug-likeness (QED) is 0.181. The summed E-state index contributed by atoms with van der Waals surface area (Å²) in [6, 6.07) is 30.4. The third-order valence-electron chi connectivity index (χ3n) is 8.10. The van der Waals surface area contributed by atoms with Gasteiger partial charge in [0.2, 0.25) is 0 Å². The molecule has 0 aliphatic carbocycles. The van der Waals surface area contributed by atoms with Crippen LogP contribution in [0.2, 0.25) is 0 Å². The van der Waals surface area contributed by atoms with E-state index in [9.17, 15) is 0 Å². The number of hydrogen-bond donors (Lipinski definition) is 0. The largest absolute Gasteiger partial charge is 0.272 e. The highest BCUT2D eigenvalue weighted by Crippen LogP contribution is 2.36. The van der Waals surface area contributed by atoms with Crippen LogP contribution in [0.4, 0.5) is 0 Å². The molecule has 6 nitrogen and oxygen atoms in total. The predicted octanol–water partition coefficient (Wildman–Crippen LogP) is 8.09. The van der Waals surface area contributed by atoms with Crippen molar-refractivity contribution < 1.29 is 0 Å². The van der Waals surface area contributed by atoms with E-state index in [0.717, 1.165) is 30.6 Å². The van der Waals surface area contributed by atoms with Crippen molar-refractivity contribution in [3.05, 3.63) is 132 Å². The summed E-state index contributed by atoms with van der Waals surface area (Å²) in [6.45, 7) is 8.29. The Morgan fingerprint density at radius 1 is 0.860 bits per heavy atom. The number of nitrogens with zero attached hydrogens (tertiary/aromatic N) is 6. The first-order valence-corrected chi connectivity index (χ1v) is 15.1. The van der Waals surface area contributed by atoms with Gasteiger partial charge in [0.1, 0.15) is 5.69 Å². The molecule has 6 heteroatoms. The minimum absolute atomic E-state index is 0.373. The maximum atomic E-state index is 4.81. The highest BCUT2D eigenvalue weighted by Gasteiger charge is 2.19. The molecular formula is C37H38N6.